The molecule has 1 aromatic heterocycles. The van der Waals surface area contributed by atoms with Gasteiger partial charge in [-0.1, -0.05) is 12.1 Å². The number of hydrogen-bond donors (Lipinski definition) is 2. The Kier molecular flexibility index (Phi) is 2.96. The van der Waals surface area contributed by atoms with Gasteiger partial charge in [-0.2, -0.15) is 0 Å². The fourth-order valence-corrected chi connectivity index (χ4v) is 2.77. The highest BCUT2D eigenvalue weighted by Crippen LogP contribution is 2.26. The number of para-hydroxylation sites is 2. The first-order chi connectivity index (χ1) is 8.74. The van der Waals surface area contributed by atoms with Gasteiger partial charge in [0.2, 0.25) is 5.95 Å². The smallest absolute Gasteiger partial charge is 0.203 e. The lowest BCUT2D eigenvalue weighted by Crippen LogP contribution is -2.14. The van der Waals surface area contributed by atoms with Gasteiger partial charge in [0.05, 0.1) is 17.1 Å². The second-order valence-corrected chi connectivity index (χ2v) is 5.20. The molecule has 0 saturated heterocycles. The van der Waals surface area contributed by atoms with Gasteiger partial charge in [-0.05, 0) is 37.3 Å². The van der Waals surface area contributed by atoms with Crippen LogP contribution in [0.4, 0.5) is 5.95 Å². The third kappa shape index (κ3) is 2.08. The summed E-state index contributed by atoms with van der Waals surface area (Å²) in [5.74, 6) is 1.48. The Morgan fingerprint density at radius 2 is 2.22 bits per heavy atom. The molecule has 2 atom stereocenters. The van der Waals surface area contributed by atoms with E-state index in [-0.39, 0.29) is 6.10 Å². The van der Waals surface area contributed by atoms with Crippen molar-refractivity contribution in [2.75, 3.05) is 11.9 Å². The highest BCUT2D eigenvalue weighted by atomic mass is 16.3. The Labute approximate surface area is 107 Å². The minimum atomic E-state index is -0.0998. The maximum atomic E-state index is 9.52. The van der Waals surface area contributed by atoms with E-state index in [1.54, 1.807) is 0 Å². The highest BCUT2D eigenvalue weighted by Gasteiger charge is 2.22. The monoisotopic (exact) mass is 245 g/mol. The van der Waals surface area contributed by atoms with E-state index in [1.807, 2.05) is 25.2 Å². The molecule has 2 unspecified atom stereocenters. The summed E-state index contributed by atoms with van der Waals surface area (Å²) in [6.07, 6.45) is 2.86. The second-order valence-electron chi connectivity index (χ2n) is 5.20. The number of nitrogens with one attached hydrogen (secondary N) is 1. The van der Waals surface area contributed by atoms with Gasteiger partial charge in [0.15, 0.2) is 0 Å². The highest BCUT2D eigenvalue weighted by molar-refractivity contribution is 5.78. The summed E-state index contributed by atoms with van der Waals surface area (Å²) < 4.78 is 2.08. The number of fused-ring (bicyclic) bond motifs is 1. The Morgan fingerprint density at radius 1 is 1.39 bits per heavy atom. The van der Waals surface area contributed by atoms with Crippen molar-refractivity contribution >= 4 is 17.0 Å². The molecule has 4 heteroatoms. The lowest BCUT2D eigenvalue weighted by molar-refractivity contribution is 0.178. The molecule has 1 heterocycles. The Morgan fingerprint density at radius 3 is 2.94 bits per heavy atom. The number of aromatic nitrogens is 2. The molecule has 96 valence electrons. The van der Waals surface area contributed by atoms with Gasteiger partial charge in [0.1, 0.15) is 0 Å². The lowest BCUT2D eigenvalue weighted by atomic mass is 10.1. The number of aryl methyl sites for hydroxylation is 1. The Bertz CT molecular complexity index is 549. The summed E-state index contributed by atoms with van der Waals surface area (Å²) in [6.45, 7) is 0.897. The molecule has 1 aliphatic carbocycles. The molecule has 3 rings (SSSR count). The van der Waals surface area contributed by atoms with Crippen molar-refractivity contribution in [1.29, 1.82) is 0 Å². The molecule has 0 radical (unpaired) electrons. The third-order valence-corrected chi connectivity index (χ3v) is 3.85. The first-order valence-corrected chi connectivity index (χ1v) is 6.57. The van der Waals surface area contributed by atoms with Crippen LogP contribution in [0.2, 0.25) is 0 Å². The molecule has 1 fully saturated rings. The number of aliphatic hydroxyl groups is 1. The summed E-state index contributed by atoms with van der Waals surface area (Å²) in [4.78, 5) is 4.58. The van der Waals surface area contributed by atoms with E-state index >= 15 is 0 Å². The summed E-state index contributed by atoms with van der Waals surface area (Å²) in [5, 5.41) is 12.9. The fraction of sp³-hybridized carbons (Fsp3) is 0.500. The number of rotatable bonds is 3. The Hall–Kier alpha value is -1.55. The summed E-state index contributed by atoms with van der Waals surface area (Å²) in [5.41, 5.74) is 2.17. The van der Waals surface area contributed by atoms with Gasteiger partial charge in [-0.3, -0.25) is 0 Å². The molecule has 18 heavy (non-hydrogen) atoms. The van der Waals surface area contributed by atoms with Crippen molar-refractivity contribution in [3.05, 3.63) is 24.3 Å². The zero-order chi connectivity index (χ0) is 12.5. The van der Waals surface area contributed by atoms with E-state index in [2.05, 4.69) is 20.9 Å². The van der Waals surface area contributed by atoms with Gasteiger partial charge in [-0.15, -0.1) is 0 Å². The van der Waals surface area contributed by atoms with E-state index in [1.165, 1.54) is 0 Å². The van der Waals surface area contributed by atoms with Crippen molar-refractivity contribution in [1.82, 2.24) is 9.55 Å². The van der Waals surface area contributed by atoms with Crippen molar-refractivity contribution in [2.24, 2.45) is 13.0 Å². The molecule has 1 aliphatic rings. The largest absolute Gasteiger partial charge is 0.393 e. The first kappa shape index (κ1) is 11.5. The maximum Gasteiger partial charge on any atom is 0.203 e. The average Bonchev–Trinajstić information content (AvgIpc) is 2.92. The van der Waals surface area contributed by atoms with Gasteiger partial charge < -0.3 is 15.0 Å². The zero-order valence-corrected chi connectivity index (χ0v) is 10.6. The molecular formula is C14H19N3O. The number of aliphatic hydroxyl groups excluding tert-OH is 1. The van der Waals surface area contributed by atoms with Crippen LogP contribution in [-0.2, 0) is 7.05 Å². The van der Waals surface area contributed by atoms with Crippen LogP contribution in [0.15, 0.2) is 24.3 Å². The van der Waals surface area contributed by atoms with Crippen LogP contribution < -0.4 is 5.32 Å². The summed E-state index contributed by atoms with van der Waals surface area (Å²) in [6, 6.07) is 8.14. The van der Waals surface area contributed by atoms with Gasteiger partial charge >= 0.3 is 0 Å². The minimum absolute atomic E-state index is 0.0998. The third-order valence-electron chi connectivity index (χ3n) is 3.85. The van der Waals surface area contributed by atoms with Crippen molar-refractivity contribution in [3.8, 4) is 0 Å². The second kappa shape index (κ2) is 4.61. The number of anilines is 1. The summed E-state index contributed by atoms with van der Waals surface area (Å²) >= 11 is 0. The van der Waals surface area contributed by atoms with Crippen LogP contribution in [0.3, 0.4) is 0 Å². The van der Waals surface area contributed by atoms with E-state index < -0.39 is 0 Å². The lowest BCUT2D eigenvalue weighted by Gasteiger charge is -2.11. The fourth-order valence-electron chi connectivity index (χ4n) is 2.77. The van der Waals surface area contributed by atoms with Crippen LogP contribution in [0, 0.1) is 5.92 Å². The normalized spacial score (nSPS) is 23.7. The van der Waals surface area contributed by atoms with Crippen molar-refractivity contribution in [2.45, 2.75) is 25.4 Å². The van der Waals surface area contributed by atoms with Crippen LogP contribution >= 0.6 is 0 Å². The molecule has 2 N–H and O–H groups in total. The molecule has 1 aromatic carbocycles. The SMILES string of the molecule is Cn1c(NCC2CCC(O)C2)nc2ccccc21. The van der Waals surface area contributed by atoms with Crippen LogP contribution in [-0.4, -0.2) is 27.3 Å². The average molecular weight is 245 g/mol. The summed E-state index contributed by atoms with van der Waals surface area (Å²) in [7, 11) is 2.03. The van der Waals surface area contributed by atoms with Crippen LogP contribution in [0.5, 0.6) is 0 Å². The van der Waals surface area contributed by atoms with E-state index in [4.69, 9.17) is 0 Å². The number of imidazole rings is 1. The van der Waals surface area contributed by atoms with Gasteiger partial charge in [0, 0.05) is 13.6 Å². The van der Waals surface area contributed by atoms with Gasteiger partial charge in [-0.25, -0.2) is 4.98 Å². The maximum absolute atomic E-state index is 9.52. The molecule has 1 saturated carbocycles. The Balaban J connectivity index is 1.73. The standard InChI is InChI=1S/C14H19N3O/c1-17-13-5-3-2-4-12(13)16-14(17)15-9-10-6-7-11(18)8-10/h2-5,10-11,18H,6-9H2,1H3,(H,15,16). The molecular weight excluding hydrogens is 226 g/mol. The van der Waals surface area contributed by atoms with Crippen LogP contribution in [0.1, 0.15) is 19.3 Å². The molecule has 0 aliphatic heterocycles. The van der Waals surface area contributed by atoms with E-state index in [0.717, 1.165) is 42.8 Å². The number of benzene rings is 1. The molecule has 0 amide bonds. The molecule has 0 bridgehead atoms. The molecule has 0 spiro atoms. The zero-order valence-electron chi connectivity index (χ0n) is 10.6. The van der Waals surface area contributed by atoms with Crippen molar-refractivity contribution in [3.63, 3.8) is 0 Å². The van der Waals surface area contributed by atoms with Crippen LogP contribution in [0.25, 0.3) is 11.0 Å². The quantitative estimate of drug-likeness (QED) is 0.871. The molecule has 4 nitrogen and oxygen atoms in total. The predicted molar refractivity (Wildman–Crippen MR) is 72.6 cm³/mol. The van der Waals surface area contributed by atoms with E-state index in [0.29, 0.717) is 5.92 Å². The number of hydrogen-bond acceptors (Lipinski definition) is 3. The number of nitrogens with zero attached hydrogens (tertiary/aromatic N) is 2. The van der Waals surface area contributed by atoms with Crippen molar-refractivity contribution < 1.29 is 5.11 Å². The molecule has 2 aromatic rings. The minimum Gasteiger partial charge on any atom is -0.393 e. The topological polar surface area (TPSA) is 50.1 Å². The van der Waals surface area contributed by atoms with Gasteiger partial charge in [0.25, 0.3) is 0 Å². The first-order valence-electron chi connectivity index (χ1n) is 6.57. The predicted octanol–water partition coefficient (Wildman–Crippen LogP) is 2.15. The van der Waals surface area contributed by atoms with E-state index in [9.17, 15) is 5.11 Å².